The monoisotopic (exact) mass is 360 g/mol. The van der Waals surface area contributed by atoms with Gasteiger partial charge in [-0.25, -0.2) is 4.98 Å². The van der Waals surface area contributed by atoms with Crippen molar-refractivity contribution in [2.75, 3.05) is 19.6 Å². The predicted octanol–water partition coefficient (Wildman–Crippen LogP) is 3.22. The van der Waals surface area contributed by atoms with Crippen LogP contribution in [0.3, 0.4) is 0 Å². The normalized spacial score (nSPS) is 17.9. The summed E-state index contributed by atoms with van der Waals surface area (Å²) in [6.45, 7) is 7.14. The molecule has 6 heteroatoms. The Morgan fingerprint density at radius 3 is 2.96 bits per heavy atom. The van der Waals surface area contributed by atoms with Gasteiger partial charge in [-0.3, -0.25) is 4.79 Å². The van der Waals surface area contributed by atoms with Crippen LogP contribution >= 0.6 is 11.6 Å². The Bertz CT molecular complexity index is 728. The van der Waals surface area contributed by atoms with Crippen LogP contribution in [0, 0.1) is 0 Å². The summed E-state index contributed by atoms with van der Waals surface area (Å²) >= 11 is 6.36. The summed E-state index contributed by atoms with van der Waals surface area (Å²) in [5.74, 6) is 1.53. The maximum Gasteiger partial charge on any atom is 0.224 e. The minimum absolute atomic E-state index is 0.0118. The largest absolute Gasteiger partial charge is 0.334 e. The topological polar surface area (TPSA) is 50.2 Å². The molecule has 1 fully saturated rings. The van der Waals surface area contributed by atoms with Crippen molar-refractivity contribution in [3.8, 4) is 0 Å². The highest BCUT2D eigenvalue weighted by Crippen LogP contribution is 2.29. The van der Waals surface area contributed by atoms with E-state index in [1.807, 2.05) is 35.4 Å². The molecule has 1 aliphatic rings. The molecule has 1 saturated heterocycles. The number of hydrogen-bond donors (Lipinski definition) is 1. The van der Waals surface area contributed by atoms with E-state index in [2.05, 4.69) is 28.7 Å². The number of hydrogen-bond acceptors (Lipinski definition) is 3. The molecule has 1 unspecified atom stereocenters. The fraction of sp³-hybridized carbons (Fsp3) is 0.474. The van der Waals surface area contributed by atoms with E-state index in [0.29, 0.717) is 30.5 Å². The predicted molar refractivity (Wildman–Crippen MR) is 99.7 cm³/mol. The fourth-order valence-corrected chi connectivity index (χ4v) is 3.66. The number of amides is 1. The molecule has 0 aliphatic carbocycles. The molecular formula is C19H25ClN4O. The lowest BCUT2D eigenvalue weighted by Gasteiger charge is -2.37. The third kappa shape index (κ3) is 4.05. The molecule has 2 aromatic rings. The number of nitrogens with one attached hydrogen (secondary N) is 1. The second kappa shape index (κ2) is 8.02. The Balaban J connectivity index is 1.71. The van der Waals surface area contributed by atoms with Gasteiger partial charge in [-0.05, 0) is 11.6 Å². The van der Waals surface area contributed by atoms with Gasteiger partial charge in [0.15, 0.2) is 0 Å². The number of aromatic nitrogens is 2. The van der Waals surface area contributed by atoms with Crippen molar-refractivity contribution in [1.29, 1.82) is 0 Å². The van der Waals surface area contributed by atoms with Crippen LogP contribution in [0.2, 0.25) is 5.02 Å². The SMILES string of the molecule is CC(C)c1nccn1CCC(=O)N1CCNCC1c1ccccc1Cl. The molecule has 1 N–H and O–H groups in total. The maximum absolute atomic E-state index is 12.9. The molecule has 0 spiro atoms. The van der Waals surface area contributed by atoms with Crippen molar-refractivity contribution in [2.24, 2.45) is 0 Å². The molecular weight excluding hydrogens is 336 g/mol. The molecule has 1 aromatic carbocycles. The minimum Gasteiger partial charge on any atom is -0.334 e. The Morgan fingerprint density at radius 1 is 1.40 bits per heavy atom. The molecule has 1 aliphatic heterocycles. The summed E-state index contributed by atoms with van der Waals surface area (Å²) < 4.78 is 2.08. The molecule has 0 saturated carbocycles. The average molecular weight is 361 g/mol. The quantitative estimate of drug-likeness (QED) is 0.890. The lowest BCUT2D eigenvalue weighted by atomic mass is 10.0. The summed E-state index contributed by atoms with van der Waals surface area (Å²) in [6, 6.07) is 7.77. The van der Waals surface area contributed by atoms with E-state index in [1.165, 1.54) is 0 Å². The zero-order valence-corrected chi connectivity index (χ0v) is 15.5. The Kier molecular flexibility index (Phi) is 5.76. The second-order valence-electron chi connectivity index (χ2n) is 6.71. The number of piperazine rings is 1. The number of nitrogens with zero attached hydrogens (tertiary/aromatic N) is 3. The van der Waals surface area contributed by atoms with Gasteiger partial charge in [-0.2, -0.15) is 0 Å². The van der Waals surface area contributed by atoms with Gasteiger partial charge in [0.1, 0.15) is 5.82 Å². The van der Waals surface area contributed by atoms with Crippen molar-refractivity contribution in [3.05, 3.63) is 53.1 Å². The Morgan fingerprint density at radius 2 is 2.20 bits per heavy atom. The van der Waals surface area contributed by atoms with Crippen LogP contribution in [-0.2, 0) is 11.3 Å². The van der Waals surface area contributed by atoms with Crippen molar-refractivity contribution in [2.45, 2.75) is 38.8 Å². The van der Waals surface area contributed by atoms with Crippen LogP contribution in [0.5, 0.6) is 0 Å². The summed E-state index contributed by atoms with van der Waals surface area (Å²) in [5, 5.41) is 4.08. The van der Waals surface area contributed by atoms with Crippen molar-refractivity contribution in [1.82, 2.24) is 19.8 Å². The first kappa shape index (κ1) is 18.0. The molecule has 1 atom stereocenters. The third-order valence-electron chi connectivity index (χ3n) is 4.66. The Labute approximate surface area is 154 Å². The number of carbonyl (C=O) groups is 1. The van der Waals surface area contributed by atoms with Gasteiger partial charge in [0.2, 0.25) is 5.91 Å². The highest BCUT2D eigenvalue weighted by atomic mass is 35.5. The maximum atomic E-state index is 12.9. The van der Waals surface area contributed by atoms with Crippen molar-refractivity contribution in [3.63, 3.8) is 0 Å². The van der Waals surface area contributed by atoms with E-state index in [9.17, 15) is 4.79 Å². The van der Waals surface area contributed by atoms with Gasteiger partial charge in [0.25, 0.3) is 0 Å². The lowest BCUT2D eigenvalue weighted by molar-refractivity contribution is -0.134. The molecule has 0 bridgehead atoms. The van der Waals surface area contributed by atoms with Crippen LogP contribution < -0.4 is 5.32 Å². The highest BCUT2D eigenvalue weighted by molar-refractivity contribution is 6.31. The lowest BCUT2D eigenvalue weighted by Crippen LogP contribution is -2.49. The fourth-order valence-electron chi connectivity index (χ4n) is 3.40. The first-order valence-electron chi connectivity index (χ1n) is 8.83. The van der Waals surface area contributed by atoms with Crippen LogP contribution in [0.4, 0.5) is 0 Å². The van der Waals surface area contributed by atoms with E-state index in [4.69, 9.17) is 11.6 Å². The van der Waals surface area contributed by atoms with E-state index in [1.54, 1.807) is 6.20 Å². The number of rotatable bonds is 5. The van der Waals surface area contributed by atoms with E-state index < -0.39 is 0 Å². The number of benzene rings is 1. The number of carbonyl (C=O) groups excluding carboxylic acids is 1. The van der Waals surface area contributed by atoms with E-state index in [-0.39, 0.29) is 11.9 Å². The van der Waals surface area contributed by atoms with Gasteiger partial charge in [0.05, 0.1) is 6.04 Å². The second-order valence-corrected chi connectivity index (χ2v) is 7.12. The van der Waals surface area contributed by atoms with E-state index >= 15 is 0 Å². The Hall–Kier alpha value is -1.85. The van der Waals surface area contributed by atoms with Crippen molar-refractivity contribution >= 4 is 17.5 Å². The van der Waals surface area contributed by atoms with Crippen molar-refractivity contribution < 1.29 is 4.79 Å². The van der Waals surface area contributed by atoms with Gasteiger partial charge >= 0.3 is 0 Å². The van der Waals surface area contributed by atoms with Crippen LogP contribution in [0.25, 0.3) is 0 Å². The summed E-state index contributed by atoms with van der Waals surface area (Å²) in [7, 11) is 0. The van der Waals surface area contributed by atoms with Gasteiger partial charge in [-0.1, -0.05) is 43.6 Å². The smallest absolute Gasteiger partial charge is 0.224 e. The van der Waals surface area contributed by atoms with Crippen LogP contribution in [0.1, 0.15) is 43.6 Å². The molecule has 134 valence electrons. The van der Waals surface area contributed by atoms with Crippen LogP contribution in [0.15, 0.2) is 36.7 Å². The first-order valence-corrected chi connectivity index (χ1v) is 9.21. The third-order valence-corrected chi connectivity index (χ3v) is 5.00. The van der Waals surface area contributed by atoms with Crippen LogP contribution in [-0.4, -0.2) is 40.0 Å². The zero-order chi connectivity index (χ0) is 17.8. The molecule has 1 aromatic heterocycles. The molecule has 5 nitrogen and oxygen atoms in total. The van der Waals surface area contributed by atoms with Gasteiger partial charge in [0, 0.05) is 55.9 Å². The number of aryl methyl sites for hydroxylation is 1. The minimum atomic E-state index is -0.0118. The number of imidazole rings is 1. The molecule has 25 heavy (non-hydrogen) atoms. The summed E-state index contributed by atoms with van der Waals surface area (Å²) in [5.41, 5.74) is 1.01. The highest BCUT2D eigenvalue weighted by Gasteiger charge is 2.28. The molecule has 2 heterocycles. The number of halogens is 1. The summed E-state index contributed by atoms with van der Waals surface area (Å²) in [4.78, 5) is 19.2. The molecule has 1 amide bonds. The summed E-state index contributed by atoms with van der Waals surface area (Å²) in [6.07, 6.45) is 4.22. The van der Waals surface area contributed by atoms with E-state index in [0.717, 1.165) is 24.5 Å². The molecule has 0 radical (unpaired) electrons. The van der Waals surface area contributed by atoms with Gasteiger partial charge in [-0.15, -0.1) is 0 Å². The standard InChI is InChI=1S/C19H25ClN4O/c1-14(2)19-22-9-11-23(19)10-7-18(25)24-12-8-21-13-17(24)15-5-3-4-6-16(15)20/h3-6,9,11,14,17,21H,7-8,10,12-13H2,1-2H3. The zero-order valence-electron chi connectivity index (χ0n) is 14.8. The first-order chi connectivity index (χ1) is 12.1. The molecule has 3 rings (SSSR count). The average Bonchev–Trinajstić information content (AvgIpc) is 3.09. The van der Waals surface area contributed by atoms with Gasteiger partial charge < -0.3 is 14.8 Å².